The molecule has 0 aliphatic heterocycles. The lowest BCUT2D eigenvalue weighted by molar-refractivity contribution is -0.121. The van der Waals surface area contributed by atoms with E-state index in [9.17, 15) is 17.6 Å². The molecule has 1 amide bonds. The van der Waals surface area contributed by atoms with E-state index in [0.29, 0.717) is 18.4 Å². The average molecular weight is 447 g/mol. The number of fused-ring (bicyclic) bond motifs is 1. The smallest absolute Gasteiger partial charge is 0.249 e. The van der Waals surface area contributed by atoms with Crippen molar-refractivity contribution in [2.24, 2.45) is 11.1 Å². The van der Waals surface area contributed by atoms with Crippen LogP contribution in [-0.4, -0.2) is 31.3 Å². The van der Waals surface area contributed by atoms with Crippen LogP contribution in [0, 0.1) is 18.7 Å². The highest BCUT2D eigenvalue weighted by molar-refractivity contribution is 7.91. The van der Waals surface area contributed by atoms with Crippen molar-refractivity contribution in [3.8, 4) is 11.3 Å². The second-order valence-corrected chi connectivity index (χ2v) is 9.97. The van der Waals surface area contributed by atoms with Gasteiger partial charge in [0.05, 0.1) is 5.69 Å². The van der Waals surface area contributed by atoms with Crippen LogP contribution in [0.4, 0.5) is 9.52 Å². The molecule has 4 rings (SSSR count). The number of aryl methyl sites for hydroxylation is 1. The van der Waals surface area contributed by atoms with Crippen LogP contribution in [-0.2, 0) is 27.7 Å². The highest BCUT2D eigenvalue weighted by Gasteiger charge is 2.32. The van der Waals surface area contributed by atoms with Crippen molar-refractivity contribution in [3.05, 3.63) is 59.2 Å². The molecule has 0 saturated heterocycles. The highest BCUT2D eigenvalue weighted by atomic mass is 32.2. The summed E-state index contributed by atoms with van der Waals surface area (Å²) in [6.07, 6.45) is 2.60. The number of aromatic nitrogens is 2. The Bertz CT molecular complexity index is 1260. The van der Waals surface area contributed by atoms with Gasteiger partial charge in [-0.05, 0) is 49.1 Å². The van der Waals surface area contributed by atoms with Crippen molar-refractivity contribution in [3.63, 3.8) is 0 Å². The summed E-state index contributed by atoms with van der Waals surface area (Å²) >= 11 is 0.878. The van der Waals surface area contributed by atoms with Gasteiger partial charge in [-0.1, -0.05) is 23.5 Å². The number of anilines is 1. The van der Waals surface area contributed by atoms with Gasteiger partial charge in [0.25, 0.3) is 0 Å². The molecule has 1 aliphatic carbocycles. The zero-order valence-corrected chi connectivity index (χ0v) is 17.9. The average Bonchev–Trinajstić information content (AvgIpc) is 3.30. The number of nitrogens with zero attached hydrogens (tertiary/aromatic N) is 3. The van der Waals surface area contributed by atoms with E-state index >= 15 is 0 Å². The maximum Gasteiger partial charge on any atom is 0.249 e. The van der Waals surface area contributed by atoms with E-state index in [1.165, 1.54) is 11.0 Å². The van der Waals surface area contributed by atoms with E-state index < -0.39 is 15.8 Å². The second-order valence-electron chi connectivity index (χ2n) is 7.23. The third kappa shape index (κ3) is 3.73. The third-order valence-electron chi connectivity index (χ3n) is 5.14. The van der Waals surface area contributed by atoms with Crippen molar-refractivity contribution < 1.29 is 17.6 Å². The van der Waals surface area contributed by atoms with Gasteiger partial charge in [-0.3, -0.25) is 14.7 Å². The Morgan fingerprint density at radius 1 is 1.27 bits per heavy atom. The molecule has 1 aromatic carbocycles. The highest BCUT2D eigenvalue weighted by Crippen LogP contribution is 2.34. The number of benzene rings is 1. The van der Waals surface area contributed by atoms with Gasteiger partial charge in [0.15, 0.2) is 9.34 Å². The standard InChI is InChI=1S/C20H19FN4O3S2/c1-11-19(30(22,27)28)29-20(24-11)25(2)18(26)15-8-12-5-6-13(9-14(12)10-15)17-16(21)4-3-7-23-17/h3-7,9,15H,8,10H2,1-2H3,(H2,22,27,28). The van der Waals surface area contributed by atoms with Crippen LogP contribution in [0.15, 0.2) is 40.7 Å². The Labute approximate surface area is 177 Å². The van der Waals surface area contributed by atoms with Crippen molar-refractivity contribution in [2.45, 2.75) is 24.0 Å². The quantitative estimate of drug-likeness (QED) is 0.663. The van der Waals surface area contributed by atoms with E-state index in [0.717, 1.165) is 22.5 Å². The summed E-state index contributed by atoms with van der Waals surface area (Å²) in [6, 6.07) is 8.49. The first-order chi connectivity index (χ1) is 14.1. The maximum atomic E-state index is 14.1. The van der Waals surface area contributed by atoms with E-state index in [-0.39, 0.29) is 32.6 Å². The summed E-state index contributed by atoms with van der Waals surface area (Å²) < 4.78 is 37.3. The molecule has 10 heteroatoms. The first kappa shape index (κ1) is 20.6. The molecule has 0 saturated carbocycles. The van der Waals surface area contributed by atoms with Crippen LogP contribution in [0.5, 0.6) is 0 Å². The Morgan fingerprint density at radius 2 is 2.00 bits per heavy atom. The van der Waals surface area contributed by atoms with Crippen LogP contribution in [0.25, 0.3) is 11.3 Å². The number of thiazole rings is 1. The predicted octanol–water partition coefficient (Wildman–Crippen LogP) is 2.68. The number of primary sulfonamides is 1. The fourth-order valence-corrected chi connectivity index (χ4v) is 5.60. The van der Waals surface area contributed by atoms with E-state index in [4.69, 9.17) is 5.14 Å². The monoisotopic (exact) mass is 446 g/mol. The molecule has 2 heterocycles. The fraction of sp³-hybridized carbons (Fsp3) is 0.250. The molecule has 30 heavy (non-hydrogen) atoms. The Morgan fingerprint density at radius 3 is 2.67 bits per heavy atom. The van der Waals surface area contributed by atoms with Crippen molar-refractivity contribution >= 4 is 32.4 Å². The molecule has 3 aromatic rings. The van der Waals surface area contributed by atoms with Crippen LogP contribution < -0.4 is 10.0 Å². The number of hydrogen-bond donors (Lipinski definition) is 1. The molecule has 2 aromatic heterocycles. The zero-order valence-electron chi connectivity index (χ0n) is 16.3. The van der Waals surface area contributed by atoms with E-state index in [1.807, 2.05) is 18.2 Å². The molecule has 1 aliphatic rings. The predicted molar refractivity (Wildman–Crippen MR) is 112 cm³/mol. The number of pyridine rings is 1. The van der Waals surface area contributed by atoms with Gasteiger partial charge in [-0.15, -0.1) is 0 Å². The topological polar surface area (TPSA) is 106 Å². The molecule has 0 bridgehead atoms. The van der Waals surface area contributed by atoms with Crippen LogP contribution in [0.1, 0.15) is 16.8 Å². The lowest BCUT2D eigenvalue weighted by Gasteiger charge is -2.18. The third-order valence-corrected chi connectivity index (χ3v) is 7.93. The lowest BCUT2D eigenvalue weighted by atomic mass is 10.0. The molecule has 2 N–H and O–H groups in total. The molecule has 0 spiro atoms. The summed E-state index contributed by atoms with van der Waals surface area (Å²) in [5.74, 6) is -0.866. The summed E-state index contributed by atoms with van der Waals surface area (Å²) in [5, 5.41) is 5.49. The molecule has 1 atom stereocenters. The van der Waals surface area contributed by atoms with Gasteiger partial charge in [0, 0.05) is 24.7 Å². The van der Waals surface area contributed by atoms with Crippen LogP contribution in [0.2, 0.25) is 0 Å². The van der Waals surface area contributed by atoms with Gasteiger partial charge in [-0.25, -0.2) is 22.9 Å². The van der Waals surface area contributed by atoms with Gasteiger partial charge < -0.3 is 0 Å². The SMILES string of the molecule is Cc1nc(N(C)C(=O)C2Cc3ccc(-c4ncccc4F)cc3C2)sc1S(N)(=O)=O. The summed E-state index contributed by atoms with van der Waals surface area (Å²) in [7, 11) is -2.31. The Kier molecular flexibility index (Phi) is 5.16. The minimum atomic E-state index is -3.89. The number of carbonyl (C=O) groups is 1. The molecular weight excluding hydrogens is 427 g/mol. The van der Waals surface area contributed by atoms with Crippen molar-refractivity contribution in [1.29, 1.82) is 0 Å². The molecule has 7 nitrogen and oxygen atoms in total. The Hall–Kier alpha value is -2.69. The van der Waals surface area contributed by atoms with Gasteiger partial charge in [0.2, 0.25) is 15.9 Å². The number of rotatable bonds is 4. The van der Waals surface area contributed by atoms with Gasteiger partial charge in [0.1, 0.15) is 11.5 Å². The summed E-state index contributed by atoms with van der Waals surface area (Å²) in [5.41, 5.74) is 3.23. The first-order valence-electron chi connectivity index (χ1n) is 9.15. The minimum Gasteiger partial charge on any atom is -0.291 e. The van der Waals surface area contributed by atoms with Crippen molar-refractivity contribution in [1.82, 2.24) is 9.97 Å². The molecule has 0 radical (unpaired) electrons. The van der Waals surface area contributed by atoms with E-state index in [1.54, 1.807) is 26.2 Å². The van der Waals surface area contributed by atoms with Crippen LogP contribution in [0.3, 0.4) is 0 Å². The number of carbonyl (C=O) groups excluding carboxylic acids is 1. The zero-order chi connectivity index (χ0) is 21.6. The largest absolute Gasteiger partial charge is 0.291 e. The maximum absolute atomic E-state index is 14.1. The first-order valence-corrected chi connectivity index (χ1v) is 11.5. The number of nitrogens with two attached hydrogens (primary N) is 1. The fourth-order valence-electron chi connectivity index (χ4n) is 3.68. The molecule has 1 unspecified atom stereocenters. The molecule has 0 fully saturated rings. The lowest BCUT2D eigenvalue weighted by Crippen LogP contribution is -2.33. The minimum absolute atomic E-state index is 0.0473. The van der Waals surface area contributed by atoms with E-state index in [2.05, 4.69) is 9.97 Å². The van der Waals surface area contributed by atoms with Crippen LogP contribution >= 0.6 is 11.3 Å². The van der Waals surface area contributed by atoms with Gasteiger partial charge in [-0.2, -0.15) is 0 Å². The number of sulfonamides is 1. The molecule has 156 valence electrons. The second kappa shape index (κ2) is 7.53. The number of hydrogen-bond acceptors (Lipinski definition) is 6. The summed E-state index contributed by atoms with van der Waals surface area (Å²) in [6.45, 7) is 1.54. The summed E-state index contributed by atoms with van der Waals surface area (Å²) in [4.78, 5) is 22.7. The number of halogens is 1. The number of amides is 1. The Balaban J connectivity index is 1.55. The van der Waals surface area contributed by atoms with Gasteiger partial charge >= 0.3 is 0 Å². The van der Waals surface area contributed by atoms with Crippen molar-refractivity contribution in [2.75, 3.05) is 11.9 Å². The molecular formula is C20H19FN4O3S2. The normalized spacial score (nSPS) is 15.8.